The van der Waals surface area contributed by atoms with E-state index in [0.717, 1.165) is 6.54 Å². The Morgan fingerprint density at radius 1 is 1.17 bits per heavy atom. The van der Waals surface area contributed by atoms with E-state index in [1.54, 1.807) is 0 Å². The normalized spacial score (nSPS) is 12.6. The topological polar surface area (TPSA) is 12.0 Å². The van der Waals surface area contributed by atoms with Crippen LogP contribution < -0.4 is 5.32 Å². The summed E-state index contributed by atoms with van der Waals surface area (Å²) < 4.78 is 0. The third-order valence-electron chi connectivity index (χ3n) is 3.02. The van der Waals surface area contributed by atoms with Crippen molar-refractivity contribution in [2.75, 3.05) is 18.1 Å². The predicted molar refractivity (Wildman–Crippen MR) is 84.5 cm³/mol. The lowest BCUT2D eigenvalue weighted by Gasteiger charge is -2.19. The number of nitrogens with one attached hydrogen (secondary N) is 1. The first-order valence-electron chi connectivity index (χ1n) is 7.21. The second-order valence-electron chi connectivity index (χ2n) is 4.66. The number of benzene rings is 1. The van der Waals surface area contributed by atoms with Gasteiger partial charge in [0.2, 0.25) is 0 Å². The predicted octanol–water partition coefficient (Wildman–Crippen LogP) is 4.43. The van der Waals surface area contributed by atoms with Crippen LogP contribution in [0.15, 0.2) is 24.3 Å². The lowest BCUT2D eigenvalue weighted by molar-refractivity contribution is 0.577. The van der Waals surface area contributed by atoms with E-state index in [9.17, 15) is 0 Å². The summed E-state index contributed by atoms with van der Waals surface area (Å²) in [7, 11) is 0. The number of aryl methyl sites for hydroxylation is 1. The van der Waals surface area contributed by atoms with Gasteiger partial charge in [-0.2, -0.15) is 11.8 Å². The van der Waals surface area contributed by atoms with Gasteiger partial charge in [0.25, 0.3) is 0 Å². The average Bonchev–Trinajstić information content (AvgIpc) is 2.40. The molecule has 1 nitrogen and oxygen atoms in total. The summed E-state index contributed by atoms with van der Waals surface area (Å²) in [5.74, 6) is 2.37. The van der Waals surface area contributed by atoms with Crippen LogP contribution in [0.25, 0.3) is 0 Å². The van der Waals surface area contributed by atoms with Crippen LogP contribution in [-0.2, 0) is 6.42 Å². The molecule has 0 fully saturated rings. The van der Waals surface area contributed by atoms with Gasteiger partial charge < -0.3 is 5.32 Å². The zero-order chi connectivity index (χ0) is 13.2. The van der Waals surface area contributed by atoms with Gasteiger partial charge in [0.15, 0.2) is 0 Å². The van der Waals surface area contributed by atoms with Gasteiger partial charge in [-0.1, -0.05) is 51.5 Å². The molecule has 1 atom stereocenters. The van der Waals surface area contributed by atoms with Crippen molar-refractivity contribution >= 4 is 11.8 Å². The second kappa shape index (κ2) is 9.46. The molecule has 1 unspecified atom stereocenters. The van der Waals surface area contributed by atoms with Crippen molar-refractivity contribution in [1.29, 1.82) is 0 Å². The van der Waals surface area contributed by atoms with Crippen LogP contribution in [0.1, 0.15) is 50.8 Å². The molecule has 0 saturated carbocycles. The smallest absolute Gasteiger partial charge is 0.0411 e. The van der Waals surface area contributed by atoms with Crippen LogP contribution in [0.3, 0.4) is 0 Å². The first-order valence-corrected chi connectivity index (χ1v) is 8.37. The Morgan fingerprint density at radius 2 is 2.00 bits per heavy atom. The van der Waals surface area contributed by atoms with Crippen molar-refractivity contribution in [3.05, 3.63) is 35.4 Å². The Kier molecular flexibility index (Phi) is 8.19. The van der Waals surface area contributed by atoms with Crippen molar-refractivity contribution in [3.63, 3.8) is 0 Å². The van der Waals surface area contributed by atoms with E-state index in [4.69, 9.17) is 0 Å². The second-order valence-corrected chi connectivity index (χ2v) is 5.98. The zero-order valence-electron chi connectivity index (χ0n) is 12.0. The summed E-state index contributed by atoms with van der Waals surface area (Å²) in [4.78, 5) is 0. The third-order valence-corrected chi connectivity index (χ3v) is 4.00. The Morgan fingerprint density at radius 3 is 2.67 bits per heavy atom. The van der Waals surface area contributed by atoms with Gasteiger partial charge in [0.05, 0.1) is 0 Å². The van der Waals surface area contributed by atoms with Crippen LogP contribution in [0.2, 0.25) is 0 Å². The Labute approximate surface area is 117 Å². The number of rotatable bonds is 9. The van der Waals surface area contributed by atoms with E-state index < -0.39 is 0 Å². The minimum Gasteiger partial charge on any atom is -0.309 e. The summed E-state index contributed by atoms with van der Waals surface area (Å²) in [5, 5.41) is 3.67. The molecule has 0 aliphatic heterocycles. The van der Waals surface area contributed by atoms with Crippen molar-refractivity contribution < 1.29 is 0 Å². The SMILES string of the molecule is CCCNC(CSCC)c1cccc(CCC)c1. The van der Waals surface area contributed by atoms with Gasteiger partial charge in [-0.3, -0.25) is 0 Å². The first kappa shape index (κ1) is 15.6. The largest absolute Gasteiger partial charge is 0.309 e. The van der Waals surface area contributed by atoms with Crippen molar-refractivity contribution in [2.45, 2.75) is 46.1 Å². The van der Waals surface area contributed by atoms with Crippen molar-refractivity contribution in [3.8, 4) is 0 Å². The minimum absolute atomic E-state index is 0.506. The van der Waals surface area contributed by atoms with E-state index in [0.29, 0.717) is 6.04 Å². The highest BCUT2D eigenvalue weighted by Gasteiger charge is 2.10. The van der Waals surface area contributed by atoms with Crippen molar-refractivity contribution in [1.82, 2.24) is 5.32 Å². The summed E-state index contributed by atoms with van der Waals surface area (Å²) in [6, 6.07) is 9.61. The molecule has 1 aromatic carbocycles. The standard InChI is InChI=1S/C16H27NS/c1-4-8-14-9-7-10-15(12-14)16(13-18-6-3)17-11-5-2/h7,9-10,12,16-17H,4-6,8,11,13H2,1-3H3. The molecule has 2 heteroatoms. The first-order chi connectivity index (χ1) is 8.81. The highest BCUT2D eigenvalue weighted by atomic mass is 32.2. The molecular formula is C16H27NS. The zero-order valence-corrected chi connectivity index (χ0v) is 12.9. The molecule has 0 aliphatic carbocycles. The molecule has 0 aromatic heterocycles. The molecule has 1 aromatic rings. The molecule has 0 spiro atoms. The van der Waals surface area contributed by atoms with E-state index in [1.165, 1.54) is 41.9 Å². The lowest BCUT2D eigenvalue weighted by atomic mass is 10.0. The molecule has 0 amide bonds. The molecule has 1 rings (SSSR count). The average molecular weight is 265 g/mol. The van der Waals surface area contributed by atoms with E-state index in [-0.39, 0.29) is 0 Å². The molecule has 0 bridgehead atoms. The maximum atomic E-state index is 3.67. The molecule has 0 saturated heterocycles. The molecule has 0 radical (unpaired) electrons. The van der Waals surface area contributed by atoms with Gasteiger partial charge >= 0.3 is 0 Å². The fourth-order valence-electron chi connectivity index (χ4n) is 2.08. The number of hydrogen-bond acceptors (Lipinski definition) is 2. The van der Waals surface area contributed by atoms with E-state index in [2.05, 4.69) is 50.4 Å². The Bertz CT molecular complexity index is 317. The Balaban J connectivity index is 2.72. The molecule has 0 heterocycles. The summed E-state index contributed by atoms with van der Waals surface area (Å²) >= 11 is 2.02. The van der Waals surface area contributed by atoms with Gasteiger partial charge in [-0.05, 0) is 36.3 Å². The molecule has 102 valence electrons. The third kappa shape index (κ3) is 5.45. The number of thioether (sulfide) groups is 1. The minimum atomic E-state index is 0.506. The van der Waals surface area contributed by atoms with Crippen LogP contribution in [0.4, 0.5) is 0 Å². The maximum absolute atomic E-state index is 3.67. The van der Waals surface area contributed by atoms with Crippen LogP contribution >= 0.6 is 11.8 Å². The highest BCUT2D eigenvalue weighted by Crippen LogP contribution is 2.20. The van der Waals surface area contributed by atoms with E-state index >= 15 is 0 Å². The molecular weight excluding hydrogens is 238 g/mol. The van der Waals surface area contributed by atoms with Crippen LogP contribution in [-0.4, -0.2) is 18.1 Å². The van der Waals surface area contributed by atoms with E-state index in [1.807, 2.05) is 11.8 Å². The van der Waals surface area contributed by atoms with Gasteiger partial charge in [0.1, 0.15) is 0 Å². The summed E-state index contributed by atoms with van der Waals surface area (Å²) in [6.07, 6.45) is 3.61. The van der Waals surface area contributed by atoms with Crippen LogP contribution in [0.5, 0.6) is 0 Å². The maximum Gasteiger partial charge on any atom is 0.0411 e. The molecule has 18 heavy (non-hydrogen) atoms. The van der Waals surface area contributed by atoms with Gasteiger partial charge in [-0.15, -0.1) is 0 Å². The van der Waals surface area contributed by atoms with Gasteiger partial charge in [-0.25, -0.2) is 0 Å². The Hall–Kier alpha value is -0.470. The summed E-state index contributed by atoms with van der Waals surface area (Å²) in [5.41, 5.74) is 2.93. The fraction of sp³-hybridized carbons (Fsp3) is 0.625. The lowest BCUT2D eigenvalue weighted by Crippen LogP contribution is -2.24. The highest BCUT2D eigenvalue weighted by molar-refractivity contribution is 7.99. The van der Waals surface area contributed by atoms with Crippen molar-refractivity contribution in [2.24, 2.45) is 0 Å². The monoisotopic (exact) mass is 265 g/mol. The molecule has 0 aliphatic rings. The van der Waals surface area contributed by atoms with Crippen LogP contribution in [0, 0.1) is 0 Å². The molecule has 1 N–H and O–H groups in total. The fourth-order valence-corrected chi connectivity index (χ4v) is 2.86. The number of hydrogen-bond donors (Lipinski definition) is 1. The summed E-state index contributed by atoms with van der Waals surface area (Å²) in [6.45, 7) is 7.80. The van der Waals surface area contributed by atoms with Gasteiger partial charge in [0, 0.05) is 11.8 Å². The quantitative estimate of drug-likeness (QED) is 0.709.